The van der Waals surface area contributed by atoms with E-state index in [1.807, 2.05) is 27.0 Å². The number of anilines is 1. The molecule has 1 aromatic rings. The molecule has 1 heterocycles. The molecule has 4 heteroatoms. The summed E-state index contributed by atoms with van der Waals surface area (Å²) in [6, 6.07) is 8.64. The third-order valence-corrected chi connectivity index (χ3v) is 5.26. The van der Waals surface area contributed by atoms with Crippen LogP contribution in [0.1, 0.15) is 39.5 Å². The normalized spacial score (nSPS) is 22.3. The predicted molar refractivity (Wildman–Crippen MR) is 91.1 cm³/mol. The number of hydrogen-bond acceptors (Lipinski definition) is 3. The highest BCUT2D eigenvalue weighted by molar-refractivity contribution is 7.99. The summed E-state index contributed by atoms with van der Waals surface area (Å²) in [7, 11) is 1.88. The Morgan fingerprint density at radius 2 is 1.86 bits per heavy atom. The molecule has 1 aromatic carbocycles. The predicted octanol–water partition coefficient (Wildman–Crippen LogP) is 3.68. The fourth-order valence-electron chi connectivity index (χ4n) is 3.06. The second-order valence-electron chi connectivity index (χ2n) is 5.27. The van der Waals surface area contributed by atoms with E-state index in [1.54, 1.807) is 11.8 Å². The number of para-hydroxylation sites is 1. The minimum atomic E-state index is -0.0713. The summed E-state index contributed by atoms with van der Waals surface area (Å²) in [5.41, 5.74) is 1.11. The van der Waals surface area contributed by atoms with Crippen molar-refractivity contribution >= 4 is 23.4 Å². The van der Waals surface area contributed by atoms with E-state index in [-0.39, 0.29) is 11.9 Å². The Kier molecular flexibility index (Phi) is 6.12. The SMILES string of the molecule is CC.CNC1CSc2ccccc2N(C2CCCC2)C1=O. The molecule has 1 aliphatic heterocycles. The Morgan fingerprint density at radius 1 is 1.19 bits per heavy atom. The topological polar surface area (TPSA) is 32.3 Å². The molecule has 1 unspecified atom stereocenters. The third kappa shape index (κ3) is 3.43. The fourth-order valence-corrected chi connectivity index (χ4v) is 4.20. The number of hydrogen-bond donors (Lipinski definition) is 1. The molecule has 3 nitrogen and oxygen atoms in total. The van der Waals surface area contributed by atoms with Crippen LogP contribution in [0.15, 0.2) is 29.2 Å². The quantitative estimate of drug-likeness (QED) is 0.904. The van der Waals surface area contributed by atoms with Gasteiger partial charge in [-0.3, -0.25) is 4.79 Å². The van der Waals surface area contributed by atoms with Crippen LogP contribution < -0.4 is 10.2 Å². The number of carbonyl (C=O) groups excluding carboxylic acids is 1. The molecular weight excluding hydrogens is 280 g/mol. The summed E-state index contributed by atoms with van der Waals surface area (Å²) in [6.45, 7) is 4.00. The molecule has 3 rings (SSSR count). The van der Waals surface area contributed by atoms with Crippen LogP contribution in [0.4, 0.5) is 5.69 Å². The number of rotatable bonds is 2. The van der Waals surface area contributed by atoms with Gasteiger partial charge in [0, 0.05) is 16.7 Å². The Labute approximate surface area is 132 Å². The van der Waals surface area contributed by atoms with Crippen LogP contribution in [0.25, 0.3) is 0 Å². The van der Waals surface area contributed by atoms with Gasteiger partial charge in [0.25, 0.3) is 0 Å². The summed E-state index contributed by atoms with van der Waals surface area (Å²) in [4.78, 5) is 16.1. The number of benzene rings is 1. The zero-order valence-electron chi connectivity index (χ0n) is 13.3. The maximum atomic E-state index is 12.8. The lowest BCUT2D eigenvalue weighted by atomic mass is 10.1. The molecule has 1 aliphatic carbocycles. The van der Waals surface area contributed by atoms with E-state index < -0.39 is 0 Å². The van der Waals surface area contributed by atoms with Gasteiger partial charge in [-0.2, -0.15) is 0 Å². The van der Waals surface area contributed by atoms with Gasteiger partial charge in [-0.15, -0.1) is 11.8 Å². The lowest BCUT2D eigenvalue weighted by molar-refractivity contribution is -0.120. The Balaban J connectivity index is 0.000000774. The number of thioether (sulfide) groups is 1. The summed E-state index contributed by atoms with van der Waals surface area (Å²) in [6.07, 6.45) is 4.77. The minimum absolute atomic E-state index is 0.0713. The highest BCUT2D eigenvalue weighted by Gasteiger charge is 2.35. The molecule has 0 bridgehead atoms. The fraction of sp³-hybridized carbons (Fsp3) is 0.588. The summed E-state index contributed by atoms with van der Waals surface area (Å²) in [5.74, 6) is 1.06. The molecule has 0 aromatic heterocycles. The van der Waals surface area contributed by atoms with Crippen LogP contribution in [0.2, 0.25) is 0 Å². The van der Waals surface area contributed by atoms with E-state index >= 15 is 0 Å². The molecule has 1 saturated carbocycles. The van der Waals surface area contributed by atoms with Crippen molar-refractivity contribution in [3.05, 3.63) is 24.3 Å². The van der Waals surface area contributed by atoms with Crippen molar-refractivity contribution in [2.45, 2.75) is 56.5 Å². The first-order valence-corrected chi connectivity index (χ1v) is 9.02. The van der Waals surface area contributed by atoms with Crippen LogP contribution in [-0.2, 0) is 4.79 Å². The number of carbonyl (C=O) groups is 1. The van der Waals surface area contributed by atoms with Crippen molar-refractivity contribution in [2.75, 3.05) is 17.7 Å². The summed E-state index contributed by atoms with van der Waals surface area (Å²) in [5, 5.41) is 3.17. The number of nitrogens with one attached hydrogen (secondary N) is 1. The third-order valence-electron chi connectivity index (χ3n) is 4.10. The van der Waals surface area contributed by atoms with Gasteiger partial charge in [-0.05, 0) is 32.0 Å². The number of fused-ring (bicyclic) bond motifs is 1. The van der Waals surface area contributed by atoms with E-state index in [4.69, 9.17) is 0 Å². The maximum Gasteiger partial charge on any atom is 0.245 e. The lowest BCUT2D eigenvalue weighted by Gasteiger charge is -2.31. The van der Waals surface area contributed by atoms with Crippen molar-refractivity contribution in [3.63, 3.8) is 0 Å². The van der Waals surface area contributed by atoms with Crippen molar-refractivity contribution in [3.8, 4) is 0 Å². The smallest absolute Gasteiger partial charge is 0.245 e. The molecule has 1 N–H and O–H groups in total. The lowest BCUT2D eigenvalue weighted by Crippen LogP contribution is -2.49. The van der Waals surface area contributed by atoms with Gasteiger partial charge in [0.1, 0.15) is 0 Å². The number of amides is 1. The van der Waals surface area contributed by atoms with Crippen molar-refractivity contribution in [2.24, 2.45) is 0 Å². The highest BCUT2D eigenvalue weighted by Crippen LogP contribution is 2.38. The highest BCUT2D eigenvalue weighted by atomic mass is 32.2. The largest absolute Gasteiger partial charge is 0.308 e. The summed E-state index contributed by atoms with van der Waals surface area (Å²) >= 11 is 1.78. The Bertz CT molecular complexity index is 472. The van der Waals surface area contributed by atoms with Gasteiger partial charge in [0.15, 0.2) is 0 Å². The minimum Gasteiger partial charge on any atom is -0.308 e. The Hall–Kier alpha value is -1.00. The maximum absolute atomic E-state index is 12.8. The number of nitrogens with zero attached hydrogens (tertiary/aromatic N) is 1. The van der Waals surface area contributed by atoms with Crippen LogP contribution in [0.3, 0.4) is 0 Å². The monoisotopic (exact) mass is 306 g/mol. The number of likely N-dealkylation sites (N-methyl/N-ethyl adjacent to an activating group) is 1. The van der Waals surface area contributed by atoms with Gasteiger partial charge >= 0.3 is 0 Å². The van der Waals surface area contributed by atoms with Crippen molar-refractivity contribution < 1.29 is 4.79 Å². The molecule has 1 fully saturated rings. The second-order valence-corrected chi connectivity index (χ2v) is 6.33. The van der Waals surface area contributed by atoms with Gasteiger partial charge in [0.2, 0.25) is 5.91 Å². The van der Waals surface area contributed by atoms with E-state index in [1.165, 1.54) is 17.7 Å². The van der Waals surface area contributed by atoms with E-state index in [2.05, 4.69) is 28.4 Å². The van der Waals surface area contributed by atoms with Gasteiger partial charge < -0.3 is 10.2 Å². The van der Waals surface area contributed by atoms with Crippen LogP contribution in [0.5, 0.6) is 0 Å². The van der Waals surface area contributed by atoms with Gasteiger partial charge in [-0.1, -0.05) is 38.8 Å². The Morgan fingerprint density at radius 3 is 2.52 bits per heavy atom. The zero-order valence-corrected chi connectivity index (χ0v) is 14.1. The van der Waals surface area contributed by atoms with E-state index in [0.717, 1.165) is 24.3 Å². The van der Waals surface area contributed by atoms with Gasteiger partial charge in [0.05, 0.1) is 11.7 Å². The zero-order chi connectivity index (χ0) is 15.2. The van der Waals surface area contributed by atoms with Gasteiger partial charge in [-0.25, -0.2) is 0 Å². The summed E-state index contributed by atoms with van der Waals surface area (Å²) < 4.78 is 0. The molecule has 1 amide bonds. The van der Waals surface area contributed by atoms with E-state index in [0.29, 0.717) is 6.04 Å². The molecule has 1 atom stereocenters. The molecule has 2 aliphatic rings. The first-order chi connectivity index (χ1) is 10.3. The average molecular weight is 306 g/mol. The molecule has 0 saturated heterocycles. The standard InChI is InChI=1S/C15H20N2OS.C2H6/c1-16-12-10-19-14-9-5-4-8-13(14)17(15(12)18)11-6-2-3-7-11;1-2/h4-5,8-9,11-12,16H,2-3,6-7,10H2,1H3;1-2H3. The van der Waals surface area contributed by atoms with Crippen molar-refractivity contribution in [1.82, 2.24) is 5.32 Å². The van der Waals surface area contributed by atoms with Crippen LogP contribution in [0, 0.1) is 0 Å². The van der Waals surface area contributed by atoms with Crippen LogP contribution >= 0.6 is 11.8 Å². The first kappa shape index (κ1) is 16.4. The molecule has 0 spiro atoms. The molecule has 0 radical (unpaired) electrons. The van der Waals surface area contributed by atoms with Crippen molar-refractivity contribution in [1.29, 1.82) is 0 Å². The molecule has 116 valence electrons. The average Bonchev–Trinajstić information content (AvgIpc) is 3.01. The molecular formula is C17H26N2OS. The van der Waals surface area contributed by atoms with Crippen LogP contribution in [-0.4, -0.2) is 30.8 Å². The van der Waals surface area contributed by atoms with E-state index in [9.17, 15) is 4.79 Å². The second kappa shape index (κ2) is 7.85. The molecule has 21 heavy (non-hydrogen) atoms. The first-order valence-electron chi connectivity index (χ1n) is 8.03.